The van der Waals surface area contributed by atoms with E-state index in [1.54, 1.807) is 0 Å². The maximum Gasteiger partial charge on any atom is 0.315 e. The second-order valence-electron chi connectivity index (χ2n) is 1.80. The fourth-order valence-electron chi connectivity index (χ4n) is 0.581. The Bertz CT molecular complexity index is 359. The largest absolute Gasteiger partial charge is 0.505 e. The molecule has 0 amide bonds. The Kier molecular flexibility index (Phi) is 1.79. The van der Waals surface area contributed by atoms with Gasteiger partial charge in [0.1, 0.15) is 0 Å². The second-order valence-corrected chi connectivity index (χ2v) is 3.14. The highest BCUT2D eigenvalue weighted by atomic mass is 32.2. The molecule has 0 saturated carbocycles. The van der Waals surface area contributed by atoms with Gasteiger partial charge in [-0.05, 0) is 12.1 Å². The number of aromatic nitrogens is 1. The molecule has 2 N–H and O–H groups in total. The highest BCUT2D eigenvalue weighted by Crippen LogP contribution is 2.17. The average molecular weight is 175 g/mol. The zero-order chi connectivity index (χ0) is 8.48. The van der Waals surface area contributed by atoms with Gasteiger partial charge in [-0.15, -0.1) is 0 Å². The lowest BCUT2D eigenvalue weighted by atomic mass is 10.5. The molecule has 0 aromatic carbocycles. The molecule has 0 aliphatic heterocycles. The van der Waals surface area contributed by atoms with Gasteiger partial charge in [0.25, 0.3) is 0 Å². The summed E-state index contributed by atoms with van der Waals surface area (Å²) in [5, 5.41) is 8.12. The third-order valence-electron chi connectivity index (χ3n) is 0.995. The predicted molar refractivity (Wildman–Crippen MR) is 35.7 cm³/mol. The van der Waals surface area contributed by atoms with E-state index in [2.05, 4.69) is 4.98 Å². The van der Waals surface area contributed by atoms with Crippen molar-refractivity contribution in [3.05, 3.63) is 18.3 Å². The lowest BCUT2D eigenvalue weighted by Gasteiger charge is -1.96. The first-order valence-corrected chi connectivity index (χ1v) is 4.07. The molecule has 0 aliphatic carbocycles. The fraction of sp³-hybridized carbons (Fsp3) is 0. The van der Waals surface area contributed by atoms with Crippen LogP contribution in [0.1, 0.15) is 0 Å². The van der Waals surface area contributed by atoms with Gasteiger partial charge in [0, 0.05) is 6.20 Å². The van der Waals surface area contributed by atoms with Crippen LogP contribution in [0.25, 0.3) is 0 Å². The minimum atomic E-state index is -4.39. The first-order valence-electron chi connectivity index (χ1n) is 2.63. The minimum Gasteiger partial charge on any atom is -0.505 e. The van der Waals surface area contributed by atoms with Gasteiger partial charge in [0.2, 0.25) is 5.03 Å². The van der Waals surface area contributed by atoms with Crippen LogP contribution in [0.2, 0.25) is 0 Å². The van der Waals surface area contributed by atoms with Crippen LogP contribution >= 0.6 is 0 Å². The molecule has 5 nitrogen and oxygen atoms in total. The number of pyridine rings is 1. The van der Waals surface area contributed by atoms with E-state index in [4.69, 9.17) is 9.66 Å². The molecule has 0 fully saturated rings. The van der Waals surface area contributed by atoms with E-state index in [9.17, 15) is 8.42 Å². The van der Waals surface area contributed by atoms with Crippen LogP contribution in [0, 0.1) is 0 Å². The summed E-state index contributed by atoms with van der Waals surface area (Å²) in [5.41, 5.74) is 0. The van der Waals surface area contributed by atoms with E-state index >= 15 is 0 Å². The van der Waals surface area contributed by atoms with Crippen molar-refractivity contribution in [3.8, 4) is 5.75 Å². The lowest BCUT2D eigenvalue weighted by molar-refractivity contribution is 0.435. The average Bonchev–Trinajstić information content (AvgIpc) is 1.86. The summed E-state index contributed by atoms with van der Waals surface area (Å²) in [6, 6.07) is 2.47. The zero-order valence-corrected chi connectivity index (χ0v) is 6.11. The van der Waals surface area contributed by atoms with Crippen molar-refractivity contribution in [2.75, 3.05) is 0 Å². The Morgan fingerprint density at radius 1 is 1.45 bits per heavy atom. The molecule has 1 aromatic heterocycles. The van der Waals surface area contributed by atoms with Gasteiger partial charge in [-0.25, -0.2) is 4.98 Å². The summed E-state index contributed by atoms with van der Waals surface area (Å²) in [5.74, 6) is -0.560. The molecule has 0 spiro atoms. The van der Waals surface area contributed by atoms with Gasteiger partial charge in [-0.3, -0.25) is 4.55 Å². The van der Waals surface area contributed by atoms with E-state index in [1.165, 1.54) is 6.07 Å². The Balaban J connectivity index is 3.37. The van der Waals surface area contributed by atoms with Crippen LogP contribution < -0.4 is 0 Å². The molecule has 0 unspecified atom stereocenters. The smallest absolute Gasteiger partial charge is 0.315 e. The molecule has 0 atom stereocenters. The normalized spacial score (nSPS) is 11.4. The van der Waals surface area contributed by atoms with Crippen molar-refractivity contribution in [1.82, 2.24) is 4.98 Å². The summed E-state index contributed by atoms with van der Waals surface area (Å²) in [4.78, 5) is 3.26. The van der Waals surface area contributed by atoms with Crippen molar-refractivity contribution in [3.63, 3.8) is 0 Å². The predicted octanol–water partition coefficient (Wildman–Crippen LogP) is 0.0339. The standard InChI is InChI=1S/C5H5NO4S/c7-4-2-1-3-6-5(4)11(8,9)10/h1-3,7H,(H,8,9,10). The molecule has 0 aliphatic rings. The molecule has 0 saturated heterocycles. The number of aromatic hydroxyl groups is 1. The third kappa shape index (κ3) is 1.66. The van der Waals surface area contributed by atoms with Crippen LogP contribution in [0.15, 0.2) is 23.4 Å². The van der Waals surface area contributed by atoms with Crippen LogP contribution in [0.3, 0.4) is 0 Å². The van der Waals surface area contributed by atoms with Gasteiger partial charge >= 0.3 is 10.1 Å². The number of nitrogens with zero attached hydrogens (tertiary/aromatic N) is 1. The fourth-order valence-corrected chi connectivity index (χ4v) is 1.11. The molecule has 0 radical (unpaired) electrons. The Morgan fingerprint density at radius 3 is 2.45 bits per heavy atom. The van der Waals surface area contributed by atoms with Gasteiger partial charge in [0.05, 0.1) is 0 Å². The summed E-state index contributed by atoms with van der Waals surface area (Å²) in [6.07, 6.45) is 1.16. The minimum absolute atomic E-state index is 0.560. The molecular formula is C5H5NO4S. The van der Waals surface area contributed by atoms with Crippen molar-refractivity contribution >= 4 is 10.1 Å². The van der Waals surface area contributed by atoms with Gasteiger partial charge in [-0.1, -0.05) is 0 Å². The van der Waals surface area contributed by atoms with Crippen molar-refractivity contribution in [2.24, 2.45) is 0 Å². The molecule has 1 heterocycles. The van der Waals surface area contributed by atoms with Crippen LogP contribution in [-0.2, 0) is 10.1 Å². The van der Waals surface area contributed by atoms with Gasteiger partial charge in [-0.2, -0.15) is 8.42 Å². The summed E-state index contributed by atoms with van der Waals surface area (Å²) >= 11 is 0. The molecule has 0 bridgehead atoms. The maximum absolute atomic E-state index is 10.4. The quantitative estimate of drug-likeness (QED) is 0.588. The molecule has 1 rings (SSSR count). The van der Waals surface area contributed by atoms with Crippen molar-refractivity contribution in [2.45, 2.75) is 5.03 Å². The Labute approximate surface area is 63.1 Å². The molecular weight excluding hydrogens is 170 g/mol. The van der Waals surface area contributed by atoms with E-state index in [0.717, 1.165) is 12.3 Å². The van der Waals surface area contributed by atoms with E-state index in [0.29, 0.717) is 0 Å². The molecule has 11 heavy (non-hydrogen) atoms. The second kappa shape index (κ2) is 2.48. The van der Waals surface area contributed by atoms with Crippen LogP contribution in [0.4, 0.5) is 0 Å². The van der Waals surface area contributed by atoms with Crippen molar-refractivity contribution < 1.29 is 18.1 Å². The van der Waals surface area contributed by atoms with E-state index < -0.39 is 20.9 Å². The SMILES string of the molecule is O=S(=O)(O)c1ncccc1O. The monoisotopic (exact) mass is 175 g/mol. The Hall–Kier alpha value is -1.14. The lowest BCUT2D eigenvalue weighted by Crippen LogP contribution is -2.00. The Morgan fingerprint density at radius 2 is 2.09 bits per heavy atom. The first-order chi connectivity index (χ1) is 5.02. The van der Waals surface area contributed by atoms with Crippen LogP contribution in [0.5, 0.6) is 5.75 Å². The molecule has 1 aromatic rings. The van der Waals surface area contributed by atoms with Gasteiger partial charge < -0.3 is 5.11 Å². The summed E-state index contributed by atoms with van der Waals surface area (Å²) in [7, 11) is -4.39. The summed E-state index contributed by atoms with van der Waals surface area (Å²) in [6.45, 7) is 0. The van der Waals surface area contributed by atoms with Gasteiger partial charge in [0.15, 0.2) is 5.75 Å². The highest BCUT2D eigenvalue weighted by Gasteiger charge is 2.15. The van der Waals surface area contributed by atoms with Crippen LogP contribution in [-0.4, -0.2) is 23.1 Å². The highest BCUT2D eigenvalue weighted by molar-refractivity contribution is 7.85. The topological polar surface area (TPSA) is 87.5 Å². The number of hydrogen-bond donors (Lipinski definition) is 2. The first kappa shape index (κ1) is 7.96. The third-order valence-corrected chi connectivity index (χ3v) is 1.80. The van der Waals surface area contributed by atoms with E-state index in [1.807, 2.05) is 0 Å². The molecule has 6 heteroatoms. The number of hydrogen-bond acceptors (Lipinski definition) is 4. The van der Waals surface area contributed by atoms with Crippen molar-refractivity contribution in [1.29, 1.82) is 0 Å². The van der Waals surface area contributed by atoms with E-state index in [-0.39, 0.29) is 0 Å². The number of rotatable bonds is 1. The maximum atomic E-state index is 10.4. The summed E-state index contributed by atoms with van der Waals surface area (Å²) < 4.78 is 29.2. The molecule has 60 valence electrons. The zero-order valence-electron chi connectivity index (χ0n) is 5.30.